The van der Waals surface area contributed by atoms with Crippen molar-refractivity contribution in [1.82, 2.24) is 19.6 Å². The summed E-state index contributed by atoms with van der Waals surface area (Å²) in [7, 11) is -4.46. The van der Waals surface area contributed by atoms with Crippen molar-refractivity contribution >= 4 is 38.3 Å². The molecule has 13 nitrogen and oxygen atoms in total. The van der Waals surface area contributed by atoms with Crippen molar-refractivity contribution in [3.8, 4) is 11.5 Å². The number of carbonyl (C=O) groups is 1. The van der Waals surface area contributed by atoms with Crippen LogP contribution in [0.2, 0.25) is 0 Å². The molecule has 4 heterocycles. The summed E-state index contributed by atoms with van der Waals surface area (Å²) in [4.78, 5) is 33.3. The number of H-pyrrole nitrogens is 1. The monoisotopic (exact) mass is 578 g/mol. The molecule has 6 rings (SSSR count). The van der Waals surface area contributed by atoms with Gasteiger partial charge in [-0.15, -0.1) is 0 Å². The molecule has 1 amide bonds. The Morgan fingerprint density at radius 1 is 1.17 bits per heavy atom. The summed E-state index contributed by atoms with van der Waals surface area (Å²) in [6, 6.07) is 13.5. The van der Waals surface area contributed by atoms with Crippen LogP contribution in [0.1, 0.15) is 16.8 Å². The third kappa shape index (κ3) is 5.57. The van der Waals surface area contributed by atoms with Crippen LogP contribution in [0.25, 0.3) is 11.0 Å². The highest BCUT2D eigenvalue weighted by Gasteiger charge is 2.35. The number of sulfonamides is 1. The Kier molecular flexibility index (Phi) is 7.03. The number of anilines is 1. The second-order valence-corrected chi connectivity index (χ2v) is 11.6. The predicted molar refractivity (Wildman–Crippen MR) is 149 cm³/mol. The fraction of sp³-hybridized carbons (Fsp3) is 0.259. The van der Waals surface area contributed by atoms with E-state index in [1.165, 1.54) is 30.5 Å². The standard InChI is InChI=1S/C27H26N6O7S/c34-27(22-3-1-2-4-25(22)40-20-11-17-7-9-28-26(17)29-13-20)31-41(37,38)21-5-6-23(24(12-21)33(35)36)30-18-14-32(15-18)19-8-10-39-16-19/h1-7,9,11-13,18-19,30H,8,10,14-16H2,(H,28,29)(H,31,34). The molecule has 41 heavy (non-hydrogen) atoms. The van der Waals surface area contributed by atoms with Gasteiger partial charge >= 0.3 is 0 Å². The number of nitro benzene ring substituents is 1. The molecule has 2 saturated heterocycles. The fourth-order valence-corrected chi connectivity index (χ4v) is 5.95. The molecule has 2 aromatic heterocycles. The highest BCUT2D eigenvalue weighted by atomic mass is 32.2. The maximum absolute atomic E-state index is 13.1. The van der Waals surface area contributed by atoms with Crippen LogP contribution in [0.15, 0.2) is 71.9 Å². The lowest BCUT2D eigenvalue weighted by molar-refractivity contribution is -0.384. The minimum absolute atomic E-state index is 0.0129. The maximum atomic E-state index is 13.1. The molecule has 1 atom stereocenters. The van der Waals surface area contributed by atoms with Gasteiger partial charge in [-0.2, -0.15) is 0 Å². The van der Waals surface area contributed by atoms with E-state index in [0.717, 1.165) is 24.5 Å². The topological polar surface area (TPSA) is 169 Å². The first-order chi connectivity index (χ1) is 19.8. The van der Waals surface area contributed by atoms with E-state index < -0.39 is 31.4 Å². The second kappa shape index (κ2) is 10.8. The van der Waals surface area contributed by atoms with Crippen LogP contribution < -0.4 is 14.8 Å². The summed E-state index contributed by atoms with van der Waals surface area (Å²) < 4.78 is 39.5. The molecule has 3 N–H and O–H groups in total. The summed E-state index contributed by atoms with van der Waals surface area (Å²) in [6.07, 6.45) is 4.17. The van der Waals surface area contributed by atoms with Gasteiger partial charge in [-0.1, -0.05) is 12.1 Å². The predicted octanol–water partition coefficient (Wildman–Crippen LogP) is 3.27. The lowest BCUT2D eigenvalue weighted by Gasteiger charge is -2.43. The highest BCUT2D eigenvalue weighted by Crippen LogP contribution is 2.31. The molecule has 2 fully saturated rings. The van der Waals surface area contributed by atoms with Gasteiger partial charge < -0.3 is 19.8 Å². The smallest absolute Gasteiger partial charge is 0.293 e. The number of rotatable bonds is 9. The van der Waals surface area contributed by atoms with Gasteiger partial charge in [0.05, 0.1) is 34.2 Å². The van der Waals surface area contributed by atoms with E-state index in [0.29, 0.717) is 37.1 Å². The molecule has 1 unspecified atom stereocenters. The van der Waals surface area contributed by atoms with Crippen molar-refractivity contribution < 1.29 is 27.6 Å². The van der Waals surface area contributed by atoms with Crippen LogP contribution in [0.3, 0.4) is 0 Å². The second-order valence-electron chi connectivity index (χ2n) is 9.87. The minimum atomic E-state index is -4.46. The van der Waals surface area contributed by atoms with Crippen molar-refractivity contribution in [1.29, 1.82) is 0 Å². The van der Waals surface area contributed by atoms with Crippen LogP contribution in [0, 0.1) is 10.1 Å². The third-order valence-corrected chi connectivity index (χ3v) is 8.46. The molecule has 14 heteroatoms. The number of hydrogen-bond acceptors (Lipinski definition) is 10. The van der Waals surface area contributed by atoms with Crippen molar-refractivity contribution in [3.63, 3.8) is 0 Å². The number of benzene rings is 2. The number of aromatic amines is 1. The Morgan fingerprint density at radius 3 is 2.78 bits per heavy atom. The zero-order chi connectivity index (χ0) is 28.6. The molecular formula is C27H26N6O7S. The van der Waals surface area contributed by atoms with E-state index in [1.54, 1.807) is 24.4 Å². The van der Waals surface area contributed by atoms with Crippen molar-refractivity contribution in [3.05, 3.63) is 82.7 Å². The van der Waals surface area contributed by atoms with E-state index in [2.05, 4.69) is 20.2 Å². The minimum Gasteiger partial charge on any atom is -0.455 e. The number of carbonyl (C=O) groups excluding carboxylic acids is 1. The Balaban J connectivity index is 1.17. The maximum Gasteiger partial charge on any atom is 0.293 e. The first-order valence-electron chi connectivity index (χ1n) is 12.9. The number of amides is 1. The SMILES string of the molecule is O=C(NS(=O)(=O)c1ccc(NC2CN(C3CCOC3)C2)c([N+](=O)[O-])c1)c1ccccc1Oc1cnc2[nH]ccc2c1. The fourth-order valence-electron chi connectivity index (χ4n) is 4.97. The van der Waals surface area contributed by atoms with E-state index >= 15 is 0 Å². The van der Waals surface area contributed by atoms with Gasteiger partial charge in [0.1, 0.15) is 22.8 Å². The van der Waals surface area contributed by atoms with E-state index in [9.17, 15) is 23.3 Å². The number of hydrogen-bond donors (Lipinski definition) is 3. The molecule has 2 aromatic carbocycles. The number of fused-ring (bicyclic) bond motifs is 1. The van der Waals surface area contributed by atoms with Crippen LogP contribution in [0.4, 0.5) is 11.4 Å². The molecule has 2 aliphatic rings. The molecule has 212 valence electrons. The van der Waals surface area contributed by atoms with Crippen LogP contribution in [-0.4, -0.2) is 72.5 Å². The lowest BCUT2D eigenvalue weighted by atomic mass is 10.0. The summed E-state index contributed by atoms with van der Waals surface area (Å²) in [6.45, 7) is 2.83. The van der Waals surface area contributed by atoms with Gasteiger partial charge in [-0.25, -0.2) is 18.1 Å². The number of pyridine rings is 1. The first kappa shape index (κ1) is 26.7. The summed E-state index contributed by atoms with van der Waals surface area (Å²) in [5.74, 6) is -0.488. The molecule has 0 saturated carbocycles. The molecule has 0 bridgehead atoms. The zero-order valence-electron chi connectivity index (χ0n) is 21.6. The lowest BCUT2D eigenvalue weighted by Crippen LogP contribution is -2.58. The van der Waals surface area contributed by atoms with E-state index in [-0.39, 0.29) is 23.0 Å². The number of nitrogens with one attached hydrogen (secondary N) is 3. The Morgan fingerprint density at radius 2 is 2.00 bits per heavy atom. The highest BCUT2D eigenvalue weighted by molar-refractivity contribution is 7.90. The Labute approximate surface area is 234 Å². The summed E-state index contributed by atoms with van der Waals surface area (Å²) in [5, 5.41) is 15.8. The quantitative estimate of drug-likeness (QED) is 0.198. The number of nitrogens with zero attached hydrogens (tertiary/aromatic N) is 3. The van der Waals surface area contributed by atoms with Gasteiger partial charge in [0.25, 0.3) is 21.6 Å². The zero-order valence-corrected chi connectivity index (χ0v) is 22.5. The molecule has 0 spiro atoms. The van der Waals surface area contributed by atoms with Crippen LogP contribution in [-0.2, 0) is 14.8 Å². The largest absolute Gasteiger partial charge is 0.455 e. The average Bonchev–Trinajstić information content (AvgIpc) is 3.62. The molecule has 4 aromatic rings. The molecule has 0 aliphatic carbocycles. The number of nitro groups is 1. The van der Waals surface area contributed by atoms with Gasteiger partial charge in [0, 0.05) is 43.4 Å². The first-order valence-corrected chi connectivity index (χ1v) is 14.4. The molecule has 2 aliphatic heterocycles. The summed E-state index contributed by atoms with van der Waals surface area (Å²) in [5.41, 5.74) is 0.428. The van der Waals surface area contributed by atoms with Gasteiger partial charge in [-0.3, -0.25) is 19.8 Å². The van der Waals surface area contributed by atoms with E-state index in [4.69, 9.17) is 9.47 Å². The normalized spacial score (nSPS) is 17.7. The van der Waals surface area contributed by atoms with Crippen molar-refractivity contribution in [2.45, 2.75) is 23.4 Å². The Bertz CT molecular complexity index is 1730. The number of aromatic nitrogens is 2. The summed E-state index contributed by atoms with van der Waals surface area (Å²) >= 11 is 0. The van der Waals surface area contributed by atoms with Crippen LogP contribution in [0.5, 0.6) is 11.5 Å². The number of likely N-dealkylation sites (tertiary alicyclic amines) is 1. The van der Waals surface area contributed by atoms with E-state index in [1.807, 2.05) is 10.8 Å². The van der Waals surface area contributed by atoms with Gasteiger partial charge in [0.2, 0.25) is 0 Å². The molecule has 0 radical (unpaired) electrons. The number of ether oxygens (including phenoxy) is 2. The average molecular weight is 579 g/mol. The van der Waals surface area contributed by atoms with Gasteiger partial charge in [0.15, 0.2) is 0 Å². The van der Waals surface area contributed by atoms with Gasteiger partial charge in [-0.05, 0) is 42.8 Å². The van der Waals surface area contributed by atoms with Crippen LogP contribution >= 0.6 is 0 Å². The Hall–Kier alpha value is -4.53. The van der Waals surface area contributed by atoms with Crippen molar-refractivity contribution in [2.24, 2.45) is 0 Å². The third-order valence-electron chi connectivity index (χ3n) is 7.13. The molecular weight excluding hydrogens is 552 g/mol. The van der Waals surface area contributed by atoms with Crippen molar-refractivity contribution in [2.75, 3.05) is 31.6 Å². The number of para-hydroxylation sites is 1.